The Hall–Kier alpha value is -2.46. The van der Waals surface area contributed by atoms with Crippen LogP contribution in [0.3, 0.4) is 0 Å². The summed E-state index contributed by atoms with van der Waals surface area (Å²) in [5.74, 6) is -0.455. The lowest BCUT2D eigenvalue weighted by Gasteiger charge is -2.17. The van der Waals surface area contributed by atoms with E-state index >= 15 is 0 Å². The predicted molar refractivity (Wildman–Crippen MR) is 118 cm³/mol. The average molecular weight is 462 g/mol. The van der Waals surface area contributed by atoms with Crippen LogP contribution in [0.4, 0.5) is 10.8 Å². The Morgan fingerprint density at radius 1 is 1.14 bits per heavy atom. The van der Waals surface area contributed by atoms with E-state index in [1.807, 2.05) is 23.6 Å². The number of hydrogen-bond acceptors (Lipinski definition) is 6. The Bertz CT molecular complexity index is 1370. The van der Waals surface area contributed by atoms with Gasteiger partial charge in [-0.25, -0.2) is 13.4 Å². The maximum absolute atomic E-state index is 13.0. The third kappa shape index (κ3) is 3.10. The minimum atomic E-state index is -3.78. The molecule has 0 aliphatic carbocycles. The van der Waals surface area contributed by atoms with E-state index in [1.54, 1.807) is 30.3 Å². The topological polar surface area (TPSA) is 79.4 Å². The lowest BCUT2D eigenvalue weighted by atomic mass is 10.1. The standard InChI is InChI=1S/C19H12ClN3O3S3/c20-16-8-7-14(28-16)12-10-27-19(21-12)22-17(24)9-23-13-5-1-3-11-4-2-6-15(18(11)13)29(23,25)26/h1-8,10H,9H2,(H,21,22,24). The first-order valence-electron chi connectivity index (χ1n) is 8.49. The highest BCUT2D eigenvalue weighted by Crippen LogP contribution is 2.41. The number of benzene rings is 2. The molecule has 1 amide bonds. The van der Waals surface area contributed by atoms with Gasteiger partial charge in [0.05, 0.1) is 25.5 Å². The molecule has 29 heavy (non-hydrogen) atoms. The van der Waals surface area contributed by atoms with E-state index in [0.717, 1.165) is 14.6 Å². The first-order chi connectivity index (χ1) is 13.9. The zero-order valence-electron chi connectivity index (χ0n) is 14.6. The van der Waals surface area contributed by atoms with Gasteiger partial charge in [-0.1, -0.05) is 35.9 Å². The van der Waals surface area contributed by atoms with Crippen LogP contribution >= 0.6 is 34.3 Å². The lowest BCUT2D eigenvalue weighted by Crippen LogP contribution is -2.35. The van der Waals surface area contributed by atoms with E-state index in [4.69, 9.17) is 11.6 Å². The highest BCUT2D eigenvalue weighted by atomic mass is 35.5. The summed E-state index contributed by atoms with van der Waals surface area (Å²) in [6, 6.07) is 14.1. The SMILES string of the molecule is O=C(CN1c2cccc3cccc(c23)S1(=O)=O)Nc1nc(-c2ccc(Cl)s2)cs1. The zero-order chi connectivity index (χ0) is 20.2. The molecule has 0 saturated carbocycles. The summed E-state index contributed by atoms with van der Waals surface area (Å²) < 4.78 is 27.7. The molecule has 0 spiro atoms. The summed E-state index contributed by atoms with van der Waals surface area (Å²) in [5, 5.41) is 6.39. The van der Waals surface area contributed by atoms with Crippen LogP contribution in [0, 0.1) is 0 Å². The van der Waals surface area contributed by atoms with Crippen LogP contribution in [0.1, 0.15) is 0 Å². The van der Waals surface area contributed by atoms with E-state index in [-0.39, 0.29) is 11.4 Å². The van der Waals surface area contributed by atoms with Crippen molar-refractivity contribution in [3.05, 3.63) is 58.2 Å². The smallest absolute Gasteiger partial charge is 0.265 e. The third-order valence-corrected chi connectivity index (χ3v) is 8.36. The molecule has 4 aromatic rings. The monoisotopic (exact) mass is 461 g/mol. The molecule has 0 unspecified atom stereocenters. The van der Waals surface area contributed by atoms with E-state index < -0.39 is 15.9 Å². The summed E-state index contributed by atoms with van der Waals surface area (Å²) in [6.45, 7) is -0.324. The molecular formula is C19H12ClN3O3S3. The number of nitrogens with one attached hydrogen (secondary N) is 1. The number of rotatable bonds is 4. The minimum Gasteiger partial charge on any atom is -0.300 e. The summed E-state index contributed by atoms with van der Waals surface area (Å²) in [6.07, 6.45) is 0. The lowest BCUT2D eigenvalue weighted by molar-refractivity contribution is -0.114. The summed E-state index contributed by atoms with van der Waals surface area (Å²) in [5.41, 5.74) is 1.23. The van der Waals surface area contributed by atoms with Gasteiger partial charge in [0.15, 0.2) is 5.13 Å². The number of carbonyl (C=O) groups excluding carboxylic acids is 1. The predicted octanol–water partition coefficient (Wildman–Crippen LogP) is 4.83. The van der Waals surface area contributed by atoms with E-state index in [2.05, 4.69) is 10.3 Å². The number of amides is 1. The van der Waals surface area contributed by atoms with Crippen molar-refractivity contribution in [2.75, 3.05) is 16.2 Å². The highest BCUT2D eigenvalue weighted by Gasteiger charge is 2.36. The number of hydrogen-bond donors (Lipinski definition) is 1. The molecule has 2 aromatic carbocycles. The molecule has 146 valence electrons. The summed E-state index contributed by atoms with van der Waals surface area (Å²) in [7, 11) is -3.78. The average Bonchev–Trinajstić information content (AvgIpc) is 3.38. The van der Waals surface area contributed by atoms with Crippen molar-refractivity contribution in [2.24, 2.45) is 0 Å². The molecule has 1 aliphatic rings. The molecule has 10 heteroatoms. The van der Waals surface area contributed by atoms with Gasteiger partial charge in [0.1, 0.15) is 6.54 Å². The fourth-order valence-corrected chi connectivity index (χ4v) is 6.79. The van der Waals surface area contributed by atoms with Gasteiger partial charge in [0, 0.05) is 10.8 Å². The largest absolute Gasteiger partial charge is 0.300 e. The maximum atomic E-state index is 13.0. The van der Waals surface area contributed by atoms with Gasteiger partial charge in [-0.15, -0.1) is 22.7 Å². The molecule has 1 aliphatic heterocycles. The van der Waals surface area contributed by atoms with Crippen molar-refractivity contribution in [3.63, 3.8) is 0 Å². The van der Waals surface area contributed by atoms with Crippen LogP contribution in [-0.2, 0) is 14.8 Å². The van der Waals surface area contributed by atoms with Crippen LogP contribution in [0.15, 0.2) is 58.8 Å². The number of carbonyl (C=O) groups is 1. The Labute approximate surface area is 179 Å². The van der Waals surface area contributed by atoms with Gasteiger partial charge >= 0.3 is 0 Å². The van der Waals surface area contributed by atoms with E-state index in [1.165, 1.54) is 22.7 Å². The molecule has 5 rings (SSSR count). The number of halogens is 1. The molecule has 1 N–H and O–H groups in total. The van der Waals surface area contributed by atoms with Gasteiger partial charge in [-0.05, 0) is 29.7 Å². The van der Waals surface area contributed by atoms with Crippen molar-refractivity contribution in [1.29, 1.82) is 0 Å². The van der Waals surface area contributed by atoms with Crippen LogP contribution in [-0.4, -0.2) is 25.9 Å². The Kier molecular flexibility index (Phi) is 4.36. The van der Waals surface area contributed by atoms with E-state index in [0.29, 0.717) is 26.2 Å². The quantitative estimate of drug-likeness (QED) is 0.472. The van der Waals surface area contributed by atoms with Crippen LogP contribution in [0.2, 0.25) is 4.34 Å². The third-order valence-electron chi connectivity index (χ3n) is 4.54. The van der Waals surface area contributed by atoms with Crippen molar-refractivity contribution in [1.82, 2.24) is 4.98 Å². The van der Waals surface area contributed by atoms with Crippen molar-refractivity contribution < 1.29 is 13.2 Å². The molecular weight excluding hydrogens is 450 g/mol. The van der Waals surface area contributed by atoms with Crippen LogP contribution < -0.4 is 9.62 Å². The van der Waals surface area contributed by atoms with Gasteiger partial charge in [0.2, 0.25) is 5.91 Å². The van der Waals surface area contributed by atoms with Gasteiger partial charge in [-0.2, -0.15) is 0 Å². The fraction of sp³-hybridized carbons (Fsp3) is 0.0526. The molecule has 0 saturated heterocycles. The number of anilines is 2. The van der Waals surface area contributed by atoms with Gasteiger partial charge in [-0.3, -0.25) is 9.10 Å². The summed E-state index contributed by atoms with van der Waals surface area (Å²) in [4.78, 5) is 18.1. The molecule has 2 aromatic heterocycles. The van der Waals surface area contributed by atoms with Crippen LogP contribution in [0.5, 0.6) is 0 Å². The van der Waals surface area contributed by atoms with Gasteiger partial charge < -0.3 is 5.32 Å². The maximum Gasteiger partial charge on any atom is 0.265 e. The number of sulfonamides is 1. The molecule has 0 fully saturated rings. The number of aromatic nitrogens is 1. The Morgan fingerprint density at radius 3 is 2.69 bits per heavy atom. The fourth-order valence-electron chi connectivity index (χ4n) is 3.31. The second-order valence-corrected chi connectivity index (χ2v) is 10.7. The number of thiazole rings is 1. The Balaban J connectivity index is 1.39. The Morgan fingerprint density at radius 2 is 1.93 bits per heavy atom. The normalized spacial score (nSPS) is 14.4. The molecule has 0 radical (unpaired) electrons. The molecule has 0 bridgehead atoms. The van der Waals surface area contributed by atoms with Gasteiger partial charge in [0.25, 0.3) is 10.0 Å². The summed E-state index contributed by atoms with van der Waals surface area (Å²) >= 11 is 8.63. The number of thiophene rings is 1. The van der Waals surface area contributed by atoms with Crippen molar-refractivity contribution >= 4 is 71.8 Å². The zero-order valence-corrected chi connectivity index (χ0v) is 17.8. The minimum absolute atomic E-state index is 0.226. The van der Waals surface area contributed by atoms with Crippen LogP contribution in [0.25, 0.3) is 21.3 Å². The highest BCUT2D eigenvalue weighted by molar-refractivity contribution is 7.93. The molecule has 3 heterocycles. The van der Waals surface area contributed by atoms with Crippen molar-refractivity contribution in [3.8, 4) is 10.6 Å². The first-order valence-corrected chi connectivity index (χ1v) is 12.0. The molecule has 6 nitrogen and oxygen atoms in total. The number of nitrogens with zero attached hydrogens (tertiary/aromatic N) is 2. The second kappa shape index (κ2) is 6.81. The van der Waals surface area contributed by atoms with E-state index in [9.17, 15) is 13.2 Å². The second-order valence-electron chi connectivity index (χ2n) is 6.33. The van der Waals surface area contributed by atoms with Crippen molar-refractivity contribution in [2.45, 2.75) is 4.90 Å². The first kappa shape index (κ1) is 18.6. The molecule has 0 atom stereocenters.